The van der Waals surface area contributed by atoms with Gasteiger partial charge in [0, 0.05) is 5.69 Å². The molecule has 0 spiro atoms. The summed E-state index contributed by atoms with van der Waals surface area (Å²) < 4.78 is 46.1. The summed E-state index contributed by atoms with van der Waals surface area (Å²) in [5.41, 5.74) is 0.866. The van der Waals surface area contributed by atoms with E-state index in [1.165, 1.54) is 18.2 Å². The Labute approximate surface area is 141 Å². The smallest absolute Gasteiger partial charge is 0.422 e. The van der Waals surface area contributed by atoms with Crippen LogP contribution in [-0.2, 0) is 11.3 Å². The van der Waals surface area contributed by atoms with Crippen LogP contribution in [0.4, 0.5) is 23.7 Å². The fourth-order valence-electron chi connectivity index (χ4n) is 1.86. The zero-order chi connectivity index (χ0) is 18.3. The maximum absolute atomic E-state index is 12.2. The van der Waals surface area contributed by atoms with E-state index in [2.05, 4.69) is 10.1 Å². The first kappa shape index (κ1) is 18.1. The Morgan fingerprint density at radius 2 is 1.88 bits per heavy atom. The van der Waals surface area contributed by atoms with E-state index in [1.807, 2.05) is 6.07 Å². The molecule has 0 bridgehead atoms. The van der Waals surface area contributed by atoms with Crippen molar-refractivity contribution < 1.29 is 27.4 Å². The number of carbonyl (C=O) groups excluding carboxylic acids is 1. The van der Waals surface area contributed by atoms with Gasteiger partial charge < -0.3 is 9.47 Å². The van der Waals surface area contributed by atoms with Gasteiger partial charge in [-0.2, -0.15) is 18.4 Å². The van der Waals surface area contributed by atoms with Crippen molar-refractivity contribution in [3.8, 4) is 11.8 Å². The lowest BCUT2D eigenvalue weighted by molar-refractivity contribution is -0.153. The van der Waals surface area contributed by atoms with E-state index in [9.17, 15) is 18.0 Å². The van der Waals surface area contributed by atoms with Crippen LogP contribution in [-0.4, -0.2) is 18.9 Å². The summed E-state index contributed by atoms with van der Waals surface area (Å²) in [6.07, 6.45) is -5.26. The largest absolute Gasteiger partial charge is 0.483 e. The van der Waals surface area contributed by atoms with Crippen LogP contribution >= 0.6 is 0 Å². The van der Waals surface area contributed by atoms with Gasteiger partial charge in [-0.05, 0) is 23.8 Å². The Morgan fingerprint density at radius 3 is 2.52 bits per heavy atom. The van der Waals surface area contributed by atoms with Gasteiger partial charge in [0.15, 0.2) is 6.61 Å². The van der Waals surface area contributed by atoms with Crippen LogP contribution < -0.4 is 10.1 Å². The number of ether oxygens (including phenoxy) is 2. The third-order valence-corrected chi connectivity index (χ3v) is 2.95. The monoisotopic (exact) mass is 350 g/mol. The molecule has 0 aliphatic carbocycles. The maximum atomic E-state index is 12.2. The van der Waals surface area contributed by atoms with Gasteiger partial charge in [0.25, 0.3) is 0 Å². The van der Waals surface area contributed by atoms with Crippen molar-refractivity contribution in [1.29, 1.82) is 5.26 Å². The minimum Gasteiger partial charge on any atom is -0.483 e. The number of alkyl halides is 3. The second-order valence-corrected chi connectivity index (χ2v) is 4.91. The number of nitrogens with one attached hydrogen (secondary N) is 1. The SMILES string of the molecule is N#Cc1cc(NC(=O)OCc2ccccc2)ccc1OCC(F)(F)F. The molecule has 130 valence electrons. The van der Waals surface area contributed by atoms with Crippen molar-refractivity contribution in [1.82, 2.24) is 0 Å². The van der Waals surface area contributed by atoms with Crippen LogP contribution in [0.25, 0.3) is 0 Å². The zero-order valence-electron chi connectivity index (χ0n) is 12.8. The molecule has 0 unspecified atom stereocenters. The molecule has 8 heteroatoms. The van der Waals surface area contributed by atoms with Crippen LogP contribution in [0.15, 0.2) is 48.5 Å². The maximum Gasteiger partial charge on any atom is 0.422 e. The number of nitrogens with zero attached hydrogens (tertiary/aromatic N) is 1. The molecule has 0 aliphatic heterocycles. The molecule has 1 N–H and O–H groups in total. The van der Waals surface area contributed by atoms with E-state index in [0.29, 0.717) is 0 Å². The van der Waals surface area contributed by atoms with Gasteiger partial charge in [-0.15, -0.1) is 0 Å². The predicted octanol–water partition coefficient (Wildman–Crippen LogP) is 4.25. The van der Waals surface area contributed by atoms with E-state index >= 15 is 0 Å². The van der Waals surface area contributed by atoms with Gasteiger partial charge >= 0.3 is 12.3 Å². The Kier molecular flexibility index (Phi) is 5.84. The first-order valence-corrected chi connectivity index (χ1v) is 7.09. The molecule has 2 aromatic rings. The summed E-state index contributed by atoms with van der Waals surface area (Å²) in [5.74, 6) is -0.219. The molecule has 0 aromatic heterocycles. The van der Waals surface area contributed by atoms with Crippen LogP contribution in [0.2, 0.25) is 0 Å². The highest BCUT2D eigenvalue weighted by molar-refractivity contribution is 5.85. The van der Waals surface area contributed by atoms with Crippen molar-refractivity contribution in [3.63, 3.8) is 0 Å². The van der Waals surface area contributed by atoms with E-state index < -0.39 is 18.9 Å². The van der Waals surface area contributed by atoms with Gasteiger partial charge in [0.2, 0.25) is 0 Å². The summed E-state index contributed by atoms with van der Waals surface area (Å²) in [6.45, 7) is -1.45. The topological polar surface area (TPSA) is 71.4 Å². The fraction of sp³-hybridized carbons (Fsp3) is 0.176. The number of hydrogen-bond donors (Lipinski definition) is 1. The number of amides is 1. The molecular formula is C17H13F3N2O3. The molecule has 1 amide bonds. The summed E-state index contributed by atoms with van der Waals surface area (Å²) in [6, 6.07) is 14.4. The van der Waals surface area contributed by atoms with E-state index in [-0.39, 0.29) is 23.6 Å². The quantitative estimate of drug-likeness (QED) is 0.875. The van der Waals surface area contributed by atoms with Crippen molar-refractivity contribution >= 4 is 11.8 Å². The van der Waals surface area contributed by atoms with Crippen molar-refractivity contribution in [3.05, 3.63) is 59.7 Å². The fourth-order valence-corrected chi connectivity index (χ4v) is 1.86. The van der Waals surface area contributed by atoms with E-state index in [0.717, 1.165) is 5.56 Å². The Balaban J connectivity index is 1.95. The number of nitriles is 1. The zero-order valence-corrected chi connectivity index (χ0v) is 12.8. The lowest BCUT2D eigenvalue weighted by atomic mass is 10.2. The summed E-state index contributed by atoms with van der Waals surface area (Å²) in [5, 5.41) is 11.4. The molecule has 0 atom stereocenters. The average Bonchev–Trinajstić information content (AvgIpc) is 2.59. The lowest BCUT2D eigenvalue weighted by Crippen LogP contribution is -2.19. The van der Waals surface area contributed by atoms with Gasteiger partial charge in [0.05, 0.1) is 5.56 Å². The molecule has 0 saturated carbocycles. The Morgan fingerprint density at radius 1 is 1.16 bits per heavy atom. The lowest BCUT2D eigenvalue weighted by Gasteiger charge is -2.12. The highest BCUT2D eigenvalue weighted by Gasteiger charge is 2.28. The average molecular weight is 350 g/mol. The molecule has 0 aliphatic rings. The number of carbonyl (C=O) groups is 1. The Hall–Kier alpha value is -3.21. The highest BCUT2D eigenvalue weighted by atomic mass is 19.4. The Bertz CT molecular complexity index is 771. The molecule has 0 saturated heterocycles. The minimum absolute atomic E-state index is 0.0601. The third-order valence-electron chi connectivity index (χ3n) is 2.95. The van der Waals surface area contributed by atoms with Gasteiger partial charge in [0.1, 0.15) is 18.4 Å². The molecule has 25 heavy (non-hydrogen) atoms. The van der Waals surface area contributed by atoms with Crippen LogP contribution in [0.5, 0.6) is 5.75 Å². The highest BCUT2D eigenvalue weighted by Crippen LogP contribution is 2.25. The summed E-state index contributed by atoms with van der Waals surface area (Å²) in [4.78, 5) is 11.7. The van der Waals surface area contributed by atoms with Gasteiger partial charge in [-0.1, -0.05) is 30.3 Å². The molecule has 2 aromatic carbocycles. The normalized spacial score (nSPS) is 10.6. The van der Waals surface area contributed by atoms with Crippen LogP contribution in [0.3, 0.4) is 0 Å². The predicted molar refractivity (Wildman–Crippen MR) is 83.0 cm³/mol. The number of anilines is 1. The van der Waals surface area contributed by atoms with Crippen LogP contribution in [0, 0.1) is 11.3 Å². The van der Waals surface area contributed by atoms with Crippen molar-refractivity contribution in [2.75, 3.05) is 11.9 Å². The molecule has 0 fully saturated rings. The first-order valence-electron chi connectivity index (χ1n) is 7.09. The van der Waals surface area contributed by atoms with E-state index in [4.69, 9.17) is 10.00 Å². The number of benzene rings is 2. The van der Waals surface area contributed by atoms with Crippen molar-refractivity contribution in [2.24, 2.45) is 0 Å². The molecule has 0 heterocycles. The molecule has 2 rings (SSSR count). The van der Waals surface area contributed by atoms with Crippen molar-refractivity contribution in [2.45, 2.75) is 12.8 Å². The molecule has 5 nitrogen and oxygen atoms in total. The third kappa shape index (κ3) is 6.06. The summed E-state index contributed by atoms with van der Waals surface area (Å²) >= 11 is 0. The number of hydrogen-bond acceptors (Lipinski definition) is 4. The van der Waals surface area contributed by atoms with Gasteiger partial charge in [-0.3, -0.25) is 5.32 Å². The second-order valence-electron chi connectivity index (χ2n) is 4.91. The minimum atomic E-state index is -4.51. The first-order chi connectivity index (χ1) is 11.9. The second kappa shape index (κ2) is 8.06. The standard InChI is InChI=1S/C17H13F3N2O3/c18-17(19,20)11-25-15-7-6-14(8-13(15)9-21)22-16(23)24-10-12-4-2-1-3-5-12/h1-8H,10-11H2,(H,22,23). The van der Waals surface area contributed by atoms with Crippen LogP contribution in [0.1, 0.15) is 11.1 Å². The van der Waals surface area contributed by atoms with Gasteiger partial charge in [-0.25, -0.2) is 4.79 Å². The summed E-state index contributed by atoms with van der Waals surface area (Å²) in [7, 11) is 0. The van der Waals surface area contributed by atoms with E-state index in [1.54, 1.807) is 30.3 Å². The molecular weight excluding hydrogens is 337 g/mol. The number of rotatable bonds is 5. The molecule has 0 radical (unpaired) electrons. The number of halogens is 3.